The number of halogens is 2. The molecule has 0 radical (unpaired) electrons. The van der Waals surface area contributed by atoms with Crippen molar-refractivity contribution in [3.05, 3.63) is 29.0 Å². The highest BCUT2D eigenvalue weighted by atomic mass is 35.5. The van der Waals surface area contributed by atoms with E-state index < -0.39 is 26.8 Å². The molecule has 0 aliphatic rings. The molecule has 2 N–H and O–H groups in total. The van der Waals surface area contributed by atoms with Gasteiger partial charge in [-0.25, -0.2) is 17.5 Å². The van der Waals surface area contributed by atoms with Crippen LogP contribution in [0.1, 0.15) is 13.8 Å². The van der Waals surface area contributed by atoms with E-state index in [0.717, 1.165) is 12.1 Å². The van der Waals surface area contributed by atoms with E-state index in [4.69, 9.17) is 16.7 Å². The Morgan fingerprint density at radius 2 is 2.06 bits per heavy atom. The van der Waals surface area contributed by atoms with Gasteiger partial charge in [0.15, 0.2) is 0 Å². The fourth-order valence-electron chi connectivity index (χ4n) is 1.34. The van der Waals surface area contributed by atoms with Crippen LogP contribution >= 0.6 is 11.6 Å². The summed E-state index contributed by atoms with van der Waals surface area (Å²) >= 11 is 5.56. The molecule has 4 nitrogen and oxygen atoms in total. The zero-order valence-electron chi connectivity index (χ0n) is 10.0. The van der Waals surface area contributed by atoms with Crippen molar-refractivity contribution in [1.82, 2.24) is 4.72 Å². The Bertz CT molecular complexity index is 519. The van der Waals surface area contributed by atoms with Crippen LogP contribution < -0.4 is 4.72 Å². The normalized spacial score (nSPS) is 13.9. The number of nitrogens with one attached hydrogen (secondary N) is 1. The van der Waals surface area contributed by atoms with Gasteiger partial charge in [-0.3, -0.25) is 0 Å². The van der Waals surface area contributed by atoms with Gasteiger partial charge in [0.2, 0.25) is 10.0 Å². The van der Waals surface area contributed by atoms with Crippen LogP contribution in [-0.4, -0.2) is 26.2 Å². The second kappa shape index (κ2) is 5.97. The fraction of sp³-hybridized carbons (Fsp3) is 0.455. The average molecular weight is 296 g/mol. The van der Waals surface area contributed by atoms with Gasteiger partial charge in [0.25, 0.3) is 0 Å². The number of aliphatic hydroxyl groups excluding tert-OH is 1. The van der Waals surface area contributed by atoms with Gasteiger partial charge in [-0.1, -0.05) is 25.4 Å². The Morgan fingerprint density at radius 1 is 1.44 bits per heavy atom. The number of sulfonamides is 1. The van der Waals surface area contributed by atoms with E-state index in [2.05, 4.69) is 4.72 Å². The molecule has 0 saturated heterocycles. The maximum Gasteiger partial charge on any atom is 0.243 e. The van der Waals surface area contributed by atoms with Crippen LogP contribution in [0.2, 0.25) is 5.02 Å². The molecule has 0 heterocycles. The van der Waals surface area contributed by atoms with Crippen LogP contribution in [0, 0.1) is 11.7 Å². The molecule has 0 unspecified atom stereocenters. The van der Waals surface area contributed by atoms with Gasteiger partial charge in [-0.15, -0.1) is 0 Å². The molecular weight excluding hydrogens is 281 g/mol. The molecule has 7 heteroatoms. The number of benzene rings is 1. The first-order chi connectivity index (χ1) is 8.27. The molecule has 1 rings (SSSR count). The molecule has 0 aliphatic carbocycles. The molecule has 0 spiro atoms. The van der Waals surface area contributed by atoms with Crippen LogP contribution in [0.3, 0.4) is 0 Å². The van der Waals surface area contributed by atoms with E-state index in [1.54, 1.807) is 13.8 Å². The molecular formula is C11H15ClFNO3S. The number of hydrogen-bond donors (Lipinski definition) is 2. The van der Waals surface area contributed by atoms with Gasteiger partial charge in [0.05, 0.1) is 6.61 Å². The Labute approximate surface area is 111 Å². The van der Waals surface area contributed by atoms with Crippen LogP contribution in [0.4, 0.5) is 4.39 Å². The monoisotopic (exact) mass is 295 g/mol. The number of hydrogen-bond acceptors (Lipinski definition) is 3. The van der Waals surface area contributed by atoms with Crippen molar-refractivity contribution in [2.75, 3.05) is 6.61 Å². The first-order valence-corrected chi connectivity index (χ1v) is 7.22. The molecule has 1 aromatic carbocycles. The molecule has 1 atom stereocenters. The number of aliphatic hydroxyl groups is 1. The minimum Gasteiger partial charge on any atom is -0.395 e. The molecule has 0 saturated carbocycles. The molecule has 0 aromatic heterocycles. The van der Waals surface area contributed by atoms with E-state index in [9.17, 15) is 12.8 Å². The lowest BCUT2D eigenvalue weighted by molar-refractivity contribution is 0.227. The summed E-state index contributed by atoms with van der Waals surface area (Å²) in [6, 6.07) is 2.65. The highest BCUT2D eigenvalue weighted by Crippen LogP contribution is 2.19. The summed E-state index contributed by atoms with van der Waals surface area (Å²) in [5.41, 5.74) is 0. The molecule has 1 aromatic rings. The second-order valence-electron chi connectivity index (χ2n) is 4.23. The van der Waals surface area contributed by atoms with E-state index in [0.29, 0.717) is 0 Å². The van der Waals surface area contributed by atoms with Crippen LogP contribution in [0.15, 0.2) is 23.1 Å². The highest BCUT2D eigenvalue weighted by Gasteiger charge is 2.24. The Hall–Kier alpha value is -0.690. The first-order valence-electron chi connectivity index (χ1n) is 5.36. The second-order valence-corrected chi connectivity index (χ2v) is 6.35. The Balaban J connectivity index is 3.06. The molecule has 0 fully saturated rings. The van der Waals surface area contributed by atoms with Gasteiger partial charge in [-0.2, -0.15) is 0 Å². The van der Waals surface area contributed by atoms with E-state index in [-0.39, 0.29) is 17.5 Å². The third-order valence-corrected chi connectivity index (χ3v) is 4.25. The summed E-state index contributed by atoms with van der Waals surface area (Å²) in [6.45, 7) is 3.15. The zero-order chi connectivity index (χ0) is 13.9. The molecule has 102 valence electrons. The van der Waals surface area contributed by atoms with Crippen molar-refractivity contribution in [2.24, 2.45) is 5.92 Å². The summed E-state index contributed by atoms with van der Waals surface area (Å²) in [6.07, 6.45) is 0. The number of rotatable bonds is 5. The summed E-state index contributed by atoms with van der Waals surface area (Å²) in [7, 11) is -4.01. The smallest absolute Gasteiger partial charge is 0.243 e. The van der Waals surface area contributed by atoms with Gasteiger partial charge in [0.1, 0.15) is 10.7 Å². The fourth-order valence-corrected chi connectivity index (χ4v) is 2.93. The van der Waals surface area contributed by atoms with Crippen molar-refractivity contribution in [2.45, 2.75) is 24.8 Å². The van der Waals surface area contributed by atoms with Crippen LogP contribution in [-0.2, 0) is 10.0 Å². The summed E-state index contributed by atoms with van der Waals surface area (Å²) in [5.74, 6) is -1.03. The van der Waals surface area contributed by atoms with Gasteiger partial charge in [0, 0.05) is 11.1 Å². The SMILES string of the molecule is CC(C)[C@@H](CO)NS(=O)(=O)c1ccc(Cl)cc1F. The van der Waals surface area contributed by atoms with Gasteiger partial charge >= 0.3 is 0 Å². The lowest BCUT2D eigenvalue weighted by Crippen LogP contribution is -2.41. The maximum absolute atomic E-state index is 13.5. The van der Waals surface area contributed by atoms with Crippen molar-refractivity contribution in [1.29, 1.82) is 0 Å². The lowest BCUT2D eigenvalue weighted by atomic mass is 10.1. The molecule has 18 heavy (non-hydrogen) atoms. The van der Waals surface area contributed by atoms with Gasteiger partial charge < -0.3 is 5.11 Å². The molecule has 0 aliphatic heterocycles. The maximum atomic E-state index is 13.5. The van der Waals surface area contributed by atoms with Crippen LogP contribution in [0.5, 0.6) is 0 Å². The zero-order valence-corrected chi connectivity index (χ0v) is 11.6. The van der Waals surface area contributed by atoms with Crippen molar-refractivity contribution in [3.63, 3.8) is 0 Å². The van der Waals surface area contributed by atoms with Gasteiger partial charge in [-0.05, 0) is 24.1 Å². The highest BCUT2D eigenvalue weighted by molar-refractivity contribution is 7.89. The Morgan fingerprint density at radius 3 is 2.50 bits per heavy atom. The summed E-state index contributed by atoms with van der Waals surface area (Å²) in [5, 5.41) is 9.20. The summed E-state index contributed by atoms with van der Waals surface area (Å²) < 4.78 is 39.7. The molecule has 0 bridgehead atoms. The van der Waals surface area contributed by atoms with E-state index in [1.807, 2.05) is 0 Å². The topological polar surface area (TPSA) is 66.4 Å². The van der Waals surface area contributed by atoms with Crippen molar-refractivity contribution in [3.8, 4) is 0 Å². The molecule has 0 amide bonds. The standard InChI is InChI=1S/C11H15ClFNO3S/c1-7(2)10(6-15)14-18(16,17)11-4-3-8(12)5-9(11)13/h3-5,7,10,14-15H,6H2,1-2H3/t10-/m1/s1. The Kier molecular flexibility index (Phi) is 5.10. The predicted octanol–water partition coefficient (Wildman–Crippen LogP) is 1.77. The van der Waals surface area contributed by atoms with Crippen LogP contribution in [0.25, 0.3) is 0 Å². The summed E-state index contributed by atoms with van der Waals surface area (Å²) in [4.78, 5) is -0.481. The van der Waals surface area contributed by atoms with E-state index >= 15 is 0 Å². The van der Waals surface area contributed by atoms with Crippen molar-refractivity contribution >= 4 is 21.6 Å². The minimum atomic E-state index is -4.01. The van der Waals surface area contributed by atoms with E-state index in [1.165, 1.54) is 6.07 Å². The minimum absolute atomic E-state index is 0.111. The van der Waals surface area contributed by atoms with Crippen molar-refractivity contribution < 1.29 is 17.9 Å². The largest absolute Gasteiger partial charge is 0.395 e. The predicted molar refractivity (Wildman–Crippen MR) is 67.4 cm³/mol. The quantitative estimate of drug-likeness (QED) is 0.870. The third-order valence-electron chi connectivity index (χ3n) is 2.49. The lowest BCUT2D eigenvalue weighted by Gasteiger charge is -2.20. The third kappa shape index (κ3) is 3.65. The first kappa shape index (κ1) is 15.4. The average Bonchev–Trinajstić information content (AvgIpc) is 2.24.